The molecule has 2 aromatic carbocycles. The number of hydrogen-bond donors (Lipinski definition) is 1. The smallest absolute Gasteiger partial charge is 0.0292 e. The Morgan fingerprint density at radius 1 is 0.857 bits per heavy atom. The maximum absolute atomic E-state index is 3.65. The van der Waals surface area contributed by atoms with Gasteiger partial charge in [0.05, 0.1) is 0 Å². The van der Waals surface area contributed by atoms with E-state index < -0.39 is 0 Å². The van der Waals surface area contributed by atoms with E-state index in [1.165, 1.54) is 29.5 Å². The molecule has 0 heterocycles. The first kappa shape index (κ1) is 15.8. The Morgan fingerprint density at radius 2 is 1.52 bits per heavy atom. The second kappa shape index (κ2) is 7.99. The first-order valence-corrected chi connectivity index (χ1v) is 8.08. The van der Waals surface area contributed by atoms with Crippen molar-refractivity contribution in [2.45, 2.75) is 45.6 Å². The zero-order valence-corrected chi connectivity index (χ0v) is 13.5. The molecule has 2 rings (SSSR count). The van der Waals surface area contributed by atoms with E-state index in [9.17, 15) is 0 Å². The lowest BCUT2D eigenvalue weighted by atomic mass is 10.00. The van der Waals surface area contributed by atoms with Gasteiger partial charge in [-0.3, -0.25) is 0 Å². The van der Waals surface area contributed by atoms with E-state index in [0.29, 0.717) is 12.0 Å². The van der Waals surface area contributed by atoms with Crippen LogP contribution in [0.5, 0.6) is 0 Å². The van der Waals surface area contributed by atoms with Gasteiger partial charge < -0.3 is 5.32 Å². The van der Waals surface area contributed by atoms with Gasteiger partial charge in [0.25, 0.3) is 0 Å². The van der Waals surface area contributed by atoms with Crippen LogP contribution in [0.2, 0.25) is 0 Å². The van der Waals surface area contributed by atoms with Crippen molar-refractivity contribution in [3.8, 4) is 0 Å². The average Bonchev–Trinajstić information content (AvgIpc) is 2.54. The van der Waals surface area contributed by atoms with E-state index in [1.54, 1.807) is 0 Å². The van der Waals surface area contributed by atoms with Gasteiger partial charge in [0, 0.05) is 12.6 Å². The van der Waals surface area contributed by atoms with E-state index in [2.05, 4.69) is 80.7 Å². The van der Waals surface area contributed by atoms with Gasteiger partial charge in [0.2, 0.25) is 0 Å². The molecule has 0 aromatic heterocycles. The molecule has 2 unspecified atom stereocenters. The van der Waals surface area contributed by atoms with Gasteiger partial charge in [-0.1, -0.05) is 74.9 Å². The predicted molar refractivity (Wildman–Crippen MR) is 91.7 cm³/mol. The fraction of sp³-hybridized carbons (Fsp3) is 0.400. The fourth-order valence-corrected chi connectivity index (χ4v) is 2.63. The summed E-state index contributed by atoms with van der Waals surface area (Å²) in [7, 11) is 0. The van der Waals surface area contributed by atoms with Gasteiger partial charge >= 0.3 is 0 Å². The molecule has 2 atom stereocenters. The highest BCUT2D eigenvalue weighted by molar-refractivity contribution is 5.25. The normalized spacial score (nSPS) is 13.9. The monoisotopic (exact) mass is 281 g/mol. The molecule has 0 saturated carbocycles. The molecule has 0 aliphatic rings. The zero-order valence-electron chi connectivity index (χ0n) is 13.5. The van der Waals surface area contributed by atoms with Crippen molar-refractivity contribution in [2.24, 2.45) is 0 Å². The molecule has 0 bridgehead atoms. The number of aryl methyl sites for hydroxylation is 1. The molecular formula is C20H27N. The first-order valence-electron chi connectivity index (χ1n) is 8.08. The van der Waals surface area contributed by atoms with Crippen molar-refractivity contribution in [2.75, 3.05) is 6.54 Å². The lowest BCUT2D eigenvalue weighted by Gasteiger charge is -2.18. The molecule has 2 aromatic rings. The summed E-state index contributed by atoms with van der Waals surface area (Å²) in [5, 5.41) is 3.65. The van der Waals surface area contributed by atoms with Crippen LogP contribution in [0.3, 0.4) is 0 Å². The SMILES string of the molecule is CCCc1ccc(C(C)NCC(C)c2ccccc2)cc1. The molecule has 0 fully saturated rings. The standard InChI is InChI=1S/C20H27N/c1-4-8-18-11-13-20(14-12-18)17(3)21-15-16(2)19-9-6-5-7-10-19/h5-7,9-14,16-17,21H,4,8,15H2,1-3H3. The molecule has 1 heteroatoms. The summed E-state index contributed by atoms with van der Waals surface area (Å²) in [6, 6.07) is 20.1. The minimum absolute atomic E-state index is 0.395. The second-order valence-corrected chi connectivity index (χ2v) is 5.93. The Kier molecular flexibility index (Phi) is 6.01. The lowest BCUT2D eigenvalue weighted by molar-refractivity contribution is 0.537. The Balaban J connectivity index is 1.88. The van der Waals surface area contributed by atoms with Crippen molar-refractivity contribution in [1.29, 1.82) is 0 Å². The van der Waals surface area contributed by atoms with Crippen molar-refractivity contribution in [3.63, 3.8) is 0 Å². The minimum atomic E-state index is 0.395. The van der Waals surface area contributed by atoms with E-state index >= 15 is 0 Å². The highest BCUT2D eigenvalue weighted by Crippen LogP contribution is 2.17. The maximum Gasteiger partial charge on any atom is 0.0292 e. The number of nitrogens with one attached hydrogen (secondary N) is 1. The van der Waals surface area contributed by atoms with Gasteiger partial charge in [-0.15, -0.1) is 0 Å². The fourth-order valence-electron chi connectivity index (χ4n) is 2.63. The van der Waals surface area contributed by atoms with Crippen molar-refractivity contribution in [3.05, 3.63) is 71.3 Å². The average molecular weight is 281 g/mol. The molecule has 0 aliphatic carbocycles. The molecule has 0 spiro atoms. The van der Waals surface area contributed by atoms with Crippen LogP contribution in [0.25, 0.3) is 0 Å². The highest BCUT2D eigenvalue weighted by Gasteiger charge is 2.09. The quantitative estimate of drug-likeness (QED) is 0.745. The van der Waals surface area contributed by atoms with Crippen LogP contribution in [-0.2, 0) is 6.42 Å². The highest BCUT2D eigenvalue weighted by atomic mass is 14.9. The van der Waals surface area contributed by atoms with E-state index in [1.807, 2.05) is 0 Å². The number of rotatable bonds is 7. The maximum atomic E-state index is 3.65. The molecule has 0 saturated heterocycles. The lowest BCUT2D eigenvalue weighted by Crippen LogP contribution is -2.23. The Hall–Kier alpha value is -1.60. The Bertz CT molecular complexity index is 515. The van der Waals surface area contributed by atoms with Gasteiger partial charge in [0.15, 0.2) is 0 Å². The number of benzene rings is 2. The van der Waals surface area contributed by atoms with Crippen LogP contribution in [0.4, 0.5) is 0 Å². The molecule has 112 valence electrons. The Morgan fingerprint density at radius 3 is 2.14 bits per heavy atom. The van der Waals surface area contributed by atoms with Crippen LogP contribution in [-0.4, -0.2) is 6.54 Å². The molecule has 0 amide bonds. The van der Waals surface area contributed by atoms with Gasteiger partial charge in [-0.05, 0) is 36.0 Å². The van der Waals surface area contributed by atoms with E-state index in [0.717, 1.165) is 6.54 Å². The summed E-state index contributed by atoms with van der Waals surface area (Å²) in [5.74, 6) is 0.535. The van der Waals surface area contributed by atoms with E-state index in [-0.39, 0.29) is 0 Å². The van der Waals surface area contributed by atoms with Crippen LogP contribution < -0.4 is 5.32 Å². The topological polar surface area (TPSA) is 12.0 Å². The summed E-state index contributed by atoms with van der Waals surface area (Å²) in [4.78, 5) is 0. The number of hydrogen-bond acceptors (Lipinski definition) is 1. The molecule has 1 N–H and O–H groups in total. The summed E-state index contributed by atoms with van der Waals surface area (Å²) in [6.07, 6.45) is 2.38. The largest absolute Gasteiger partial charge is 0.310 e. The summed E-state index contributed by atoms with van der Waals surface area (Å²) in [5.41, 5.74) is 4.21. The summed E-state index contributed by atoms with van der Waals surface area (Å²) in [6.45, 7) is 7.75. The summed E-state index contributed by atoms with van der Waals surface area (Å²) < 4.78 is 0. The summed E-state index contributed by atoms with van der Waals surface area (Å²) >= 11 is 0. The minimum Gasteiger partial charge on any atom is -0.310 e. The van der Waals surface area contributed by atoms with E-state index in [4.69, 9.17) is 0 Å². The second-order valence-electron chi connectivity index (χ2n) is 5.93. The third kappa shape index (κ3) is 4.71. The molecular weight excluding hydrogens is 254 g/mol. The van der Waals surface area contributed by atoms with Crippen LogP contribution in [0.15, 0.2) is 54.6 Å². The predicted octanol–water partition coefficient (Wildman–Crippen LogP) is 5.09. The van der Waals surface area contributed by atoms with Gasteiger partial charge in [-0.25, -0.2) is 0 Å². The van der Waals surface area contributed by atoms with Gasteiger partial charge in [-0.2, -0.15) is 0 Å². The van der Waals surface area contributed by atoms with Crippen LogP contribution >= 0.6 is 0 Å². The van der Waals surface area contributed by atoms with Crippen molar-refractivity contribution in [1.82, 2.24) is 5.32 Å². The molecule has 1 nitrogen and oxygen atoms in total. The van der Waals surface area contributed by atoms with Crippen molar-refractivity contribution < 1.29 is 0 Å². The van der Waals surface area contributed by atoms with Crippen LogP contribution in [0.1, 0.15) is 55.8 Å². The van der Waals surface area contributed by atoms with Crippen molar-refractivity contribution >= 4 is 0 Å². The zero-order chi connectivity index (χ0) is 15.1. The molecule has 0 radical (unpaired) electrons. The third-order valence-corrected chi connectivity index (χ3v) is 4.12. The molecule has 0 aliphatic heterocycles. The third-order valence-electron chi connectivity index (χ3n) is 4.12. The Labute approximate surface area is 129 Å². The first-order chi connectivity index (χ1) is 10.2. The van der Waals surface area contributed by atoms with Crippen LogP contribution in [0, 0.1) is 0 Å². The van der Waals surface area contributed by atoms with Gasteiger partial charge in [0.1, 0.15) is 0 Å². The molecule has 21 heavy (non-hydrogen) atoms.